The number of benzene rings is 1. The molecule has 2 rings (SSSR count). The highest BCUT2D eigenvalue weighted by atomic mass is 16.8. The normalized spacial score (nSPS) is 25.4. The lowest BCUT2D eigenvalue weighted by Crippen LogP contribution is -2.44. The van der Waals surface area contributed by atoms with Crippen LogP contribution in [0.25, 0.3) is 0 Å². The van der Waals surface area contributed by atoms with Crippen molar-refractivity contribution in [1.82, 2.24) is 5.32 Å². The molecule has 21 heavy (non-hydrogen) atoms. The third kappa shape index (κ3) is 4.27. The van der Waals surface area contributed by atoms with Gasteiger partial charge in [0.2, 0.25) is 0 Å². The quantitative estimate of drug-likeness (QED) is 0.779. The molecule has 1 saturated heterocycles. The summed E-state index contributed by atoms with van der Waals surface area (Å²) in [6, 6.07) is 10.5. The third-order valence-electron chi connectivity index (χ3n) is 3.62. The van der Waals surface area contributed by atoms with E-state index >= 15 is 0 Å². The molecule has 3 heteroatoms. The SMILES string of the molecule is C=CC[C@H](NCc1ccccc1)[C@@H]1OC(C)(C)O[C@@H]1C=C. The van der Waals surface area contributed by atoms with Crippen molar-refractivity contribution >= 4 is 0 Å². The van der Waals surface area contributed by atoms with E-state index in [0.29, 0.717) is 0 Å². The summed E-state index contributed by atoms with van der Waals surface area (Å²) in [6.07, 6.45) is 4.39. The smallest absolute Gasteiger partial charge is 0.164 e. The summed E-state index contributed by atoms with van der Waals surface area (Å²) < 4.78 is 11.9. The fourth-order valence-corrected chi connectivity index (χ4v) is 2.67. The van der Waals surface area contributed by atoms with Gasteiger partial charge in [-0.15, -0.1) is 13.2 Å². The van der Waals surface area contributed by atoms with Gasteiger partial charge in [-0.3, -0.25) is 0 Å². The zero-order valence-corrected chi connectivity index (χ0v) is 12.9. The van der Waals surface area contributed by atoms with Crippen molar-refractivity contribution in [1.29, 1.82) is 0 Å². The van der Waals surface area contributed by atoms with Crippen LogP contribution in [0.15, 0.2) is 55.6 Å². The van der Waals surface area contributed by atoms with E-state index in [0.717, 1.165) is 13.0 Å². The average Bonchev–Trinajstić information content (AvgIpc) is 2.79. The predicted octanol–water partition coefficient (Wildman–Crippen LogP) is 3.43. The van der Waals surface area contributed by atoms with Crippen LogP contribution in [0.4, 0.5) is 0 Å². The van der Waals surface area contributed by atoms with E-state index < -0.39 is 5.79 Å². The molecule has 3 nitrogen and oxygen atoms in total. The van der Waals surface area contributed by atoms with E-state index in [9.17, 15) is 0 Å². The predicted molar refractivity (Wildman–Crippen MR) is 85.9 cm³/mol. The number of ether oxygens (including phenoxy) is 2. The van der Waals surface area contributed by atoms with Crippen LogP contribution >= 0.6 is 0 Å². The van der Waals surface area contributed by atoms with Gasteiger partial charge >= 0.3 is 0 Å². The highest BCUT2D eigenvalue weighted by Crippen LogP contribution is 2.31. The van der Waals surface area contributed by atoms with Gasteiger partial charge in [0.25, 0.3) is 0 Å². The number of nitrogens with one attached hydrogen (secondary N) is 1. The molecule has 0 radical (unpaired) electrons. The van der Waals surface area contributed by atoms with E-state index in [2.05, 4.69) is 30.6 Å². The maximum atomic E-state index is 6.05. The average molecular weight is 287 g/mol. The van der Waals surface area contributed by atoms with Crippen molar-refractivity contribution < 1.29 is 9.47 Å². The second-order valence-electron chi connectivity index (χ2n) is 5.80. The zero-order chi connectivity index (χ0) is 15.3. The van der Waals surface area contributed by atoms with Gasteiger partial charge in [-0.2, -0.15) is 0 Å². The van der Waals surface area contributed by atoms with Gasteiger partial charge in [0.1, 0.15) is 12.2 Å². The largest absolute Gasteiger partial charge is 0.343 e. The third-order valence-corrected chi connectivity index (χ3v) is 3.62. The van der Waals surface area contributed by atoms with E-state index in [1.54, 1.807) is 0 Å². The minimum Gasteiger partial charge on any atom is -0.343 e. The molecule has 0 saturated carbocycles. The lowest BCUT2D eigenvalue weighted by Gasteiger charge is -2.26. The number of hydrogen-bond donors (Lipinski definition) is 1. The number of hydrogen-bond acceptors (Lipinski definition) is 3. The lowest BCUT2D eigenvalue weighted by molar-refractivity contribution is -0.145. The molecule has 1 aliphatic rings. The Morgan fingerprint density at radius 1 is 1.24 bits per heavy atom. The standard InChI is InChI=1S/C18H25NO2/c1-5-10-15(19-13-14-11-8-7-9-12-14)17-16(6-2)20-18(3,4)21-17/h5-9,11-12,15-17,19H,1-2,10,13H2,3-4H3/t15-,16+,17-/m0/s1. The molecule has 1 heterocycles. The van der Waals surface area contributed by atoms with Crippen LogP contribution in [0.2, 0.25) is 0 Å². The second-order valence-corrected chi connectivity index (χ2v) is 5.80. The molecule has 0 unspecified atom stereocenters. The summed E-state index contributed by atoms with van der Waals surface area (Å²) in [7, 11) is 0. The Bertz CT molecular complexity index is 469. The van der Waals surface area contributed by atoms with Crippen LogP contribution in [0, 0.1) is 0 Å². The first-order chi connectivity index (χ1) is 10.1. The van der Waals surface area contributed by atoms with Gasteiger partial charge in [0.15, 0.2) is 5.79 Å². The van der Waals surface area contributed by atoms with Crippen LogP contribution in [0.5, 0.6) is 0 Å². The summed E-state index contributed by atoms with van der Waals surface area (Å²) in [5, 5.41) is 3.56. The van der Waals surface area contributed by atoms with Gasteiger partial charge in [-0.05, 0) is 25.8 Å². The maximum Gasteiger partial charge on any atom is 0.164 e. The van der Waals surface area contributed by atoms with Crippen molar-refractivity contribution in [2.24, 2.45) is 0 Å². The highest BCUT2D eigenvalue weighted by Gasteiger charge is 2.43. The Kier molecular flexibility index (Phi) is 5.34. The summed E-state index contributed by atoms with van der Waals surface area (Å²) in [5.41, 5.74) is 1.25. The highest BCUT2D eigenvalue weighted by molar-refractivity contribution is 5.14. The van der Waals surface area contributed by atoms with Gasteiger partial charge in [-0.25, -0.2) is 0 Å². The summed E-state index contributed by atoms with van der Waals surface area (Å²) in [4.78, 5) is 0. The Labute approximate surface area is 127 Å². The van der Waals surface area contributed by atoms with Crippen molar-refractivity contribution in [3.8, 4) is 0 Å². The van der Waals surface area contributed by atoms with Crippen molar-refractivity contribution in [3.05, 3.63) is 61.2 Å². The summed E-state index contributed by atoms with van der Waals surface area (Å²) >= 11 is 0. The minimum absolute atomic E-state index is 0.0563. The van der Waals surface area contributed by atoms with Crippen LogP contribution < -0.4 is 5.32 Å². The molecule has 3 atom stereocenters. The van der Waals surface area contributed by atoms with Crippen LogP contribution in [0.3, 0.4) is 0 Å². The molecule has 1 aromatic rings. The van der Waals surface area contributed by atoms with Crippen molar-refractivity contribution in [2.45, 2.75) is 50.8 Å². The van der Waals surface area contributed by atoms with E-state index in [4.69, 9.17) is 9.47 Å². The first-order valence-electron chi connectivity index (χ1n) is 7.42. The number of rotatable bonds is 7. The molecule has 1 aliphatic heterocycles. The monoisotopic (exact) mass is 287 g/mol. The molecule has 0 spiro atoms. The molecule has 1 fully saturated rings. The Hall–Kier alpha value is -1.42. The second kappa shape index (κ2) is 7.03. The molecule has 0 amide bonds. The molecule has 1 aromatic carbocycles. The molecular formula is C18H25NO2. The van der Waals surface area contributed by atoms with E-state index in [-0.39, 0.29) is 18.2 Å². The van der Waals surface area contributed by atoms with Crippen molar-refractivity contribution in [3.63, 3.8) is 0 Å². The first-order valence-corrected chi connectivity index (χ1v) is 7.42. The summed E-state index contributed by atoms with van der Waals surface area (Å²) in [5.74, 6) is -0.572. The van der Waals surface area contributed by atoms with Gasteiger partial charge < -0.3 is 14.8 Å². The lowest BCUT2D eigenvalue weighted by atomic mass is 10.0. The molecule has 114 valence electrons. The van der Waals surface area contributed by atoms with E-state index in [1.807, 2.05) is 44.2 Å². The zero-order valence-electron chi connectivity index (χ0n) is 12.9. The van der Waals surface area contributed by atoms with Gasteiger partial charge in [0.05, 0.1) is 0 Å². The van der Waals surface area contributed by atoms with Crippen LogP contribution in [0.1, 0.15) is 25.8 Å². The molecule has 1 N–H and O–H groups in total. The Morgan fingerprint density at radius 2 is 1.95 bits per heavy atom. The van der Waals surface area contributed by atoms with Crippen LogP contribution in [-0.2, 0) is 16.0 Å². The fourth-order valence-electron chi connectivity index (χ4n) is 2.67. The maximum absolute atomic E-state index is 6.05. The topological polar surface area (TPSA) is 30.5 Å². The molecule has 0 aliphatic carbocycles. The fraction of sp³-hybridized carbons (Fsp3) is 0.444. The van der Waals surface area contributed by atoms with Crippen molar-refractivity contribution in [2.75, 3.05) is 0 Å². The van der Waals surface area contributed by atoms with Crippen LogP contribution in [-0.4, -0.2) is 24.0 Å². The first kappa shape index (κ1) is 16.0. The molecular weight excluding hydrogens is 262 g/mol. The van der Waals surface area contributed by atoms with Gasteiger partial charge in [0, 0.05) is 12.6 Å². The van der Waals surface area contributed by atoms with Gasteiger partial charge in [-0.1, -0.05) is 42.5 Å². The Morgan fingerprint density at radius 3 is 2.57 bits per heavy atom. The Balaban J connectivity index is 2.04. The minimum atomic E-state index is -0.572. The summed E-state index contributed by atoms with van der Waals surface area (Å²) in [6.45, 7) is 12.4. The van der Waals surface area contributed by atoms with E-state index in [1.165, 1.54) is 5.56 Å². The molecule has 0 aromatic heterocycles. The molecule has 0 bridgehead atoms.